The van der Waals surface area contributed by atoms with Crippen LogP contribution in [0, 0.1) is 0 Å². The smallest absolute Gasteiger partial charge is 0.263 e. The molecule has 0 bridgehead atoms. The largest absolute Gasteiger partial charge is 0.354 e. The molecule has 2 aromatic heterocycles. The zero-order chi connectivity index (χ0) is 23.3. The summed E-state index contributed by atoms with van der Waals surface area (Å²) in [6, 6.07) is 22.7. The summed E-state index contributed by atoms with van der Waals surface area (Å²) in [7, 11) is 0. The number of nitrogens with zero attached hydrogens (tertiary/aromatic N) is 2. The van der Waals surface area contributed by atoms with Gasteiger partial charge in [-0.1, -0.05) is 42.8 Å². The Labute approximate surface area is 202 Å². The van der Waals surface area contributed by atoms with Crippen molar-refractivity contribution in [1.82, 2.24) is 14.8 Å². The predicted octanol–water partition coefficient (Wildman–Crippen LogP) is 5.01. The molecule has 1 fully saturated rings. The SMILES string of the molecule is O=C(NCCN1CCCCC1)c1sc2c(ccc(=O)n2-c2ccccc2)c1Nc1ccccc1. The first-order valence-corrected chi connectivity index (χ1v) is 12.6. The highest BCUT2D eigenvalue weighted by Gasteiger charge is 2.22. The highest BCUT2D eigenvalue weighted by molar-refractivity contribution is 7.21. The van der Waals surface area contributed by atoms with Crippen molar-refractivity contribution >= 4 is 38.8 Å². The number of aromatic nitrogens is 1. The molecule has 1 aliphatic rings. The second-order valence-electron chi connectivity index (χ2n) is 8.52. The van der Waals surface area contributed by atoms with E-state index in [1.54, 1.807) is 10.6 Å². The second kappa shape index (κ2) is 10.2. The van der Waals surface area contributed by atoms with Crippen LogP contribution in [-0.2, 0) is 0 Å². The van der Waals surface area contributed by atoms with Crippen molar-refractivity contribution in [2.24, 2.45) is 0 Å². The fraction of sp³-hybridized carbons (Fsp3) is 0.259. The summed E-state index contributed by atoms with van der Waals surface area (Å²) in [6.07, 6.45) is 3.75. The highest BCUT2D eigenvalue weighted by atomic mass is 32.1. The van der Waals surface area contributed by atoms with Gasteiger partial charge in [-0.2, -0.15) is 0 Å². The Bertz CT molecular complexity index is 1330. The van der Waals surface area contributed by atoms with Crippen LogP contribution in [0.3, 0.4) is 0 Å². The van der Waals surface area contributed by atoms with Crippen molar-refractivity contribution in [3.05, 3.63) is 88.0 Å². The standard InChI is InChI=1S/C27H28N4O2S/c32-23-15-14-22-24(29-20-10-4-1-5-11-20)25(26(33)28-16-19-30-17-8-3-9-18-30)34-27(22)31(23)21-12-6-2-7-13-21/h1-2,4-7,10-15,29H,3,8-9,16-19H2,(H,28,33). The molecule has 0 spiro atoms. The van der Waals surface area contributed by atoms with Gasteiger partial charge in [0.05, 0.1) is 11.4 Å². The van der Waals surface area contributed by atoms with E-state index in [1.807, 2.05) is 66.7 Å². The lowest BCUT2D eigenvalue weighted by Crippen LogP contribution is -2.37. The third-order valence-electron chi connectivity index (χ3n) is 6.17. The van der Waals surface area contributed by atoms with Gasteiger partial charge >= 0.3 is 0 Å². The van der Waals surface area contributed by atoms with Gasteiger partial charge in [-0.3, -0.25) is 14.2 Å². The summed E-state index contributed by atoms with van der Waals surface area (Å²) >= 11 is 1.35. The molecular formula is C27H28N4O2S. The molecule has 3 heterocycles. The lowest BCUT2D eigenvalue weighted by atomic mass is 10.1. The Balaban J connectivity index is 1.51. The van der Waals surface area contributed by atoms with E-state index < -0.39 is 0 Å². The van der Waals surface area contributed by atoms with Crippen LogP contribution >= 0.6 is 11.3 Å². The average Bonchev–Trinajstić information content (AvgIpc) is 3.24. The van der Waals surface area contributed by atoms with Gasteiger partial charge < -0.3 is 15.5 Å². The number of likely N-dealkylation sites (tertiary alicyclic amines) is 1. The van der Waals surface area contributed by atoms with E-state index in [0.717, 1.165) is 46.9 Å². The van der Waals surface area contributed by atoms with Crippen LogP contribution in [0.5, 0.6) is 0 Å². The number of amides is 1. The molecule has 1 saturated heterocycles. The Morgan fingerprint density at radius 2 is 1.59 bits per heavy atom. The van der Waals surface area contributed by atoms with E-state index in [9.17, 15) is 9.59 Å². The monoisotopic (exact) mass is 472 g/mol. The maximum Gasteiger partial charge on any atom is 0.263 e. The molecule has 6 nitrogen and oxygen atoms in total. The number of hydrogen-bond acceptors (Lipinski definition) is 5. The first-order valence-electron chi connectivity index (χ1n) is 11.8. The molecule has 1 aliphatic heterocycles. The summed E-state index contributed by atoms with van der Waals surface area (Å²) in [4.78, 5) is 30.0. The Morgan fingerprint density at radius 3 is 2.32 bits per heavy atom. The summed E-state index contributed by atoms with van der Waals surface area (Å²) in [6.45, 7) is 3.65. The number of thiophene rings is 1. The fourth-order valence-corrected chi connectivity index (χ4v) is 5.63. The minimum atomic E-state index is -0.122. The van der Waals surface area contributed by atoms with Gasteiger partial charge in [-0.05, 0) is 56.3 Å². The molecule has 174 valence electrons. The average molecular weight is 473 g/mol. The number of hydrogen-bond donors (Lipinski definition) is 2. The molecule has 2 N–H and O–H groups in total. The number of nitrogens with one attached hydrogen (secondary N) is 2. The molecule has 1 amide bonds. The second-order valence-corrected chi connectivity index (χ2v) is 9.52. The maximum absolute atomic E-state index is 13.4. The van der Waals surface area contributed by atoms with E-state index in [1.165, 1.54) is 30.6 Å². The van der Waals surface area contributed by atoms with Gasteiger partial charge in [-0.25, -0.2) is 0 Å². The minimum Gasteiger partial charge on any atom is -0.354 e. The van der Waals surface area contributed by atoms with E-state index >= 15 is 0 Å². The van der Waals surface area contributed by atoms with Gasteiger partial charge in [-0.15, -0.1) is 11.3 Å². The number of para-hydroxylation sites is 2. The Hall–Kier alpha value is -3.42. The number of anilines is 2. The van der Waals surface area contributed by atoms with Crippen LogP contribution in [0.25, 0.3) is 15.9 Å². The number of rotatable bonds is 7. The molecule has 34 heavy (non-hydrogen) atoms. The molecule has 0 saturated carbocycles. The van der Waals surface area contributed by atoms with Crippen LogP contribution in [0.15, 0.2) is 77.6 Å². The zero-order valence-electron chi connectivity index (χ0n) is 19.0. The van der Waals surface area contributed by atoms with Crippen molar-refractivity contribution in [1.29, 1.82) is 0 Å². The Morgan fingerprint density at radius 1 is 0.882 bits per heavy atom. The predicted molar refractivity (Wildman–Crippen MR) is 140 cm³/mol. The van der Waals surface area contributed by atoms with Gasteiger partial charge in [0.15, 0.2) is 0 Å². The number of fused-ring (bicyclic) bond motifs is 1. The molecule has 0 atom stereocenters. The van der Waals surface area contributed by atoms with Crippen molar-refractivity contribution in [2.75, 3.05) is 31.5 Å². The van der Waals surface area contributed by atoms with Crippen LogP contribution in [0.4, 0.5) is 11.4 Å². The van der Waals surface area contributed by atoms with Crippen LogP contribution in [0.2, 0.25) is 0 Å². The van der Waals surface area contributed by atoms with E-state index in [0.29, 0.717) is 11.4 Å². The third kappa shape index (κ3) is 4.76. The van der Waals surface area contributed by atoms with E-state index in [-0.39, 0.29) is 11.5 Å². The first kappa shape index (κ1) is 22.4. The zero-order valence-corrected chi connectivity index (χ0v) is 19.8. The lowest BCUT2D eigenvalue weighted by Gasteiger charge is -2.26. The molecule has 5 rings (SSSR count). The van der Waals surface area contributed by atoms with Gasteiger partial charge in [0, 0.05) is 30.2 Å². The molecule has 0 unspecified atom stereocenters. The molecule has 0 radical (unpaired) electrons. The number of pyridine rings is 1. The first-order chi connectivity index (χ1) is 16.7. The minimum absolute atomic E-state index is 0.122. The normalized spacial score (nSPS) is 14.2. The van der Waals surface area contributed by atoms with Crippen molar-refractivity contribution in [3.63, 3.8) is 0 Å². The van der Waals surface area contributed by atoms with Gasteiger partial charge in [0.1, 0.15) is 9.71 Å². The number of carbonyl (C=O) groups excluding carboxylic acids is 1. The van der Waals surface area contributed by atoms with Crippen molar-refractivity contribution < 1.29 is 4.79 Å². The number of benzene rings is 2. The molecule has 7 heteroatoms. The number of piperidine rings is 1. The number of carbonyl (C=O) groups is 1. The van der Waals surface area contributed by atoms with Gasteiger partial charge in [0.25, 0.3) is 11.5 Å². The van der Waals surface area contributed by atoms with Crippen LogP contribution in [-0.4, -0.2) is 41.6 Å². The fourth-order valence-electron chi connectivity index (χ4n) is 4.44. The van der Waals surface area contributed by atoms with Crippen LogP contribution < -0.4 is 16.2 Å². The third-order valence-corrected chi connectivity index (χ3v) is 7.36. The highest BCUT2D eigenvalue weighted by Crippen LogP contribution is 2.37. The summed E-state index contributed by atoms with van der Waals surface area (Å²) in [5.41, 5.74) is 2.28. The lowest BCUT2D eigenvalue weighted by molar-refractivity contribution is 0.0951. The van der Waals surface area contributed by atoms with E-state index in [2.05, 4.69) is 15.5 Å². The topological polar surface area (TPSA) is 66.4 Å². The summed E-state index contributed by atoms with van der Waals surface area (Å²) in [5, 5.41) is 7.39. The molecule has 0 aliphatic carbocycles. The molecule has 2 aromatic carbocycles. The summed E-state index contributed by atoms with van der Waals surface area (Å²) < 4.78 is 1.68. The molecule has 4 aromatic rings. The summed E-state index contributed by atoms with van der Waals surface area (Å²) in [5.74, 6) is -0.122. The molecular weight excluding hydrogens is 444 g/mol. The quantitative estimate of drug-likeness (QED) is 0.397. The van der Waals surface area contributed by atoms with Gasteiger partial charge in [0.2, 0.25) is 0 Å². The van der Waals surface area contributed by atoms with Crippen molar-refractivity contribution in [3.8, 4) is 5.69 Å². The van der Waals surface area contributed by atoms with E-state index in [4.69, 9.17) is 0 Å². The van der Waals surface area contributed by atoms with Crippen molar-refractivity contribution in [2.45, 2.75) is 19.3 Å². The Kier molecular flexibility index (Phi) is 6.74. The maximum atomic E-state index is 13.4. The van der Waals surface area contributed by atoms with Crippen LogP contribution in [0.1, 0.15) is 28.9 Å².